The van der Waals surface area contributed by atoms with E-state index in [0.29, 0.717) is 0 Å². The molecule has 0 bridgehead atoms. The molecule has 2 aliphatic heterocycles. The quantitative estimate of drug-likeness (QED) is 0.838. The largest absolute Gasteiger partial charge is 0.363 e. The molecule has 1 aromatic rings. The van der Waals surface area contributed by atoms with Crippen LogP contribution in [-0.4, -0.2) is 53.6 Å². The highest BCUT2D eigenvalue weighted by Crippen LogP contribution is 2.39. The first-order valence-electron chi connectivity index (χ1n) is 9.27. The Kier molecular flexibility index (Phi) is 4.43. The van der Waals surface area contributed by atoms with Crippen molar-refractivity contribution >= 4 is 17.2 Å². The summed E-state index contributed by atoms with van der Waals surface area (Å²) in [7, 11) is 0. The lowest BCUT2D eigenvalue weighted by atomic mass is 9.82. The Labute approximate surface area is 148 Å². The van der Waals surface area contributed by atoms with E-state index in [2.05, 4.69) is 35.8 Å². The number of carbonyl (C=O) groups excluding carboxylic acids is 1. The first-order chi connectivity index (χ1) is 11.6. The van der Waals surface area contributed by atoms with Crippen molar-refractivity contribution in [3.8, 4) is 0 Å². The van der Waals surface area contributed by atoms with E-state index in [0.717, 1.165) is 44.9 Å². The predicted octanol–water partition coefficient (Wildman–Crippen LogP) is 3.05. The van der Waals surface area contributed by atoms with E-state index in [1.54, 1.807) is 0 Å². The van der Waals surface area contributed by atoms with Crippen molar-refractivity contribution in [3.63, 3.8) is 0 Å². The second kappa shape index (κ2) is 6.43. The minimum absolute atomic E-state index is 0.120. The zero-order valence-corrected chi connectivity index (χ0v) is 15.6. The summed E-state index contributed by atoms with van der Waals surface area (Å²) in [5, 5.41) is 0. The molecule has 3 aliphatic rings. The average Bonchev–Trinajstić information content (AvgIpc) is 3.31. The van der Waals surface area contributed by atoms with E-state index in [-0.39, 0.29) is 24.2 Å². The standard InChI is InChI=1S/C19H28N2O2S/c1-14-3-6-17(24-14)12-20-9-7-19(8-10-20)15(2)21(11-16-4-5-16)18(22)13-23-19/h3,6,15-16H,4-5,7-13H2,1-2H3/t15-/m1/s1. The highest BCUT2D eigenvalue weighted by molar-refractivity contribution is 7.11. The van der Waals surface area contributed by atoms with Gasteiger partial charge in [-0.3, -0.25) is 9.69 Å². The molecule has 2 saturated heterocycles. The molecule has 24 heavy (non-hydrogen) atoms. The van der Waals surface area contributed by atoms with Crippen LogP contribution in [-0.2, 0) is 16.1 Å². The zero-order valence-electron chi connectivity index (χ0n) is 14.8. The van der Waals surface area contributed by atoms with E-state index < -0.39 is 0 Å². The van der Waals surface area contributed by atoms with Crippen LogP contribution in [0.4, 0.5) is 0 Å². The number of likely N-dealkylation sites (tertiary alicyclic amines) is 1. The molecule has 1 spiro atoms. The number of hydrogen-bond acceptors (Lipinski definition) is 4. The van der Waals surface area contributed by atoms with Crippen molar-refractivity contribution in [1.29, 1.82) is 0 Å². The molecule has 4 rings (SSSR count). The first kappa shape index (κ1) is 16.6. The highest BCUT2D eigenvalue weighted by Gasteiger charge is 2.48. The lowest BCUT2D eigenvalue weighted by Crippen LogP contribution is -2.64. The van der Waals surface area contributed by atoms with Crippen molar-refractivity contribution in [3.05, 3.63) is 21.9 Å². The van der Waals surface area contributed by atoms with E-state index in [4.69, 9.17) is 4.74 Å². The third kappa shape index (κ3) is 3.26. The summed E-state index contributed by atoms with van der Waals surface area (Å²) in [6.45, 7) is 8.78. The maximum atomic E-state index is 12.3. The minimum atomic E-state index is -0.120. The fraction of sp³-hybridized carbons (Fsp3) is 0.737. The van der Waals surface area contributed by atoms with E-state index in [1.165, 1.54) is 22.6 Å². The van der Waals surface area contributed by atoms with Crippen LogP contribution < -0.4 is 0 Å². The Morgan fingerprint density at radius 2 is 2.04 bits per heavy atom. The molecule has 0 aromatic carbocycles. The maximum absolute atomic E-state index is 12.3. The molecule has 0 unspecified atom stereocenters. The van der Waals surface area contributed by atoms with Crippen LogP contribution in [0.2, 0.25) is 0 Å². The smallest absolute Gasteiger partial charge is 0.248 e. The molecular formula is C19H28N2O2S. The third-order valence-corrected chi connectivity index (χ3v) is 7.05. The maximum Gasteiger partial charge on any atom is 0.248 e. The molecule has 1 aliphatic carbocycles. The van der Waals surface area contributed by atoms with Gasteiger partial charge >= 0.3 is 0 Å². The monoisotopic (exact) mass is 348 g/mol. The number of nitrogens with zero attached hydrogens (tertiary/aromatic N) is 2. The van der Waals surface area contributed by atoms with Crippen LogP contribution in [0.5, 0.6) is 0 Å². The number of thiophene rings is 1. The first-order valence-corrected chi connectivity index (χ1v) is 10.1. The van der Waals surface area contributed by atoms with Crippen molar-refractivity contribution in [1.82, 2.24) is 9.80 Å². The summed E-state index contributed by atoms with van der Waals surface area (Å²) in [4.78, 5) is 19.8. The normalized spacial score (nSPS) is 27.8. The Bertz CT molecular complexity index is 602. The van der Waals surface area contributed by atoms with Gasteiger partial charge in [-0.2, -0.15) is 0 Å². The van der Waals surface area contributed by atoms with Crippen LogP contribution in [0.3, 0.4) is 0 Å². The molecular weight excluding hydrogens is 320 g/mol. The SMILES string of the molecule is Cc1ccc(CN2CCC3(CC2)OCC(=O)N(CC2CC2)[C@@H]3C)s1. The Hall–Kier alpha value is -0.910. The summed E-state index contributed by atoms with van der Waals surface area (Å²) in [5.41, 5.74) is -0.120. The van der Waals surface area contributed by atoms with E-state index in [1.807, 2.05) is 11.3 Å². The van der Waals surface area contributed by atoms with Gasteiger partial charge in [-0.1, -0.05) is 0 Å². The van der Waals surface area contributed by atoms with Gasteiger partial charge in [0.1, 0.15) is 6.61 Å². The summed E-state index contributed by atoms with van der Waals surface area (Å²) in [6.07, 6.45) is 4.65. The van der Waals surface area contributed by atoms with Crippen molar-refractivity contribution in [2.24, 2.45) is 5.92 Å². The van der Waals surface area contributed by atoms with Gasteiger partial charge in [0.05, 0.1) is 11.6 Å². The number of morpholine rings is 1. The van der Waals surface area contributed by atoms with Crippen LogP contribution in [0.15, 0.2) is 12.1 Å². The molecule has 132 valence electrons. The van der Waals surface area contributed by atoms with Crippen LogP contribution in [0, 0.1) is 12.8 Å². The molecule has 1 saturated carbocycles. The number of piperidine rings is 1. The fourth-order valence-corrected chi connectivity index (χ4v) is 5.12. The number of rotatable bonds is 4. The van der Waals surface area contributed by atoms with Crippen LogP contribution in [0.1, 0.15) is 42.4 Å². The Morgan fingerprint density at radius 3 is 2.67 bits per heavy atom. The Morgan fingerprint density at radius 1 is 1.29 bits per heavy atom. The molecule has 5 heteroatoms. The number of aryl methyl sites for hydroxylation is 1. The molecule has 0 radical (unpaired) electrons. The second-order valence-corrected chi connectivity index (χ2v) is 9.18. The van der Waals surface area contributed by atoms with Gasteiger partial charge in [0.25, 0.3) is 0 Å². The number of amides is 1. The highest BCUT2D eigenvalue weighted by atomic mass is 32.1. The topological polar surface area (TPSA) is 32.8 Å². The lowest BCUT2D eigenvalue weighted by molar-refractivity contribution is -0.187. The third-order valence-electron chi connectivity index (χ3n) is 6.06. The number of hydrogen-bond donors (Lipinski definition) is 0. The molecule has 1 aromatic heterocycles. The number of carbonyl (C=O) groups is 1. The summed E-state index contributed by atoms with van der Waals surface area (Å²) >= 11 is 1.90. The molecule has 3 fully saturated rings. The summed E-state index contributed by atoms with van der Waals surface area (Å²) in [6, 6.07) is 4.67. The van der Waals surface area contributed by atoms with Gasteiger partial charge in [-0.15, -0.1) is 11.3 Å². The minimum Gasteiger partial charge on any atom is -0.363 e. The lowest BCUT2D eigenvalue weighted by Gasteiger charge is -2.51. The average molecular weight is 349 g/mol. The summed E-state index contributed by atoms with van der Waals surface area (Å²) in [5.74, 6) is 0.935. The molecule has 0 N–H and O–H groups in total. The van der Waals surface area contributed by atoms with E-state index in [9.17, 15) is 4.79 Å². The molecule has 4 nitrogen and oxygen atoms in total. The van der Waals surface area contributed by atoms with Crippen LogP contribution >= 0.6 is 11.3 Å². The predicted molar refractivity (Wildman–Crippen MR) is 96.1 cm³/mol. The number of ether oxygens (including phenoxy) is 1. The van der Waals surface area contributed by atoms with Crippen molar-refractivity contribution < 1.29 is 9.53 Å². The summed E-state index contributed by atoms with van der Waals surface area (Å²) < 4.78 is 6.15. The molecule has 3 heterocycles. The van der Waals surface area contributed by atoms with Crippen molar-refractivity contribution in [2.75, 3.05) is 26.2 Å². The fourth-order valence-electron chi connectivity index (χ4n) is 4.19. The van der Waals surface area contributed by atoms with E-state index >= 15 is 0 Å². The van der Waals surface area contributed by atoms with Crippen LogP contribution in [0.25, 0.3) is 0 Å². The molecule has 1 atom stereocenters. The zero-order chi connectivity index (χ0) is 16.7. The van der Waals surface area contributed by atoms with Gasteiger partial charge in [0.2, 0.25) is 5.91 Å². The van der Waals surface area contributed by atoms with Gasteiger partial charge < -0.3 is 9.64 Å². The Balaban J connectivity index is 1.38. The van der Waals surface area contributed by atoms with Gasteiger partial charge in [0, 0.05) is 35.9 Å². The van der Waals surface area contributed by atoms with Gasteiger partial charge in [-0.25, -0.2) is 0 Å². The van der Waals surface area contributed by atoms with Crippen molar-refractivity contribution in [2.45, 2.75) is 57.7 Å². The second-order valence-electron chi connectivity index (χ2n) is 7.81. The molecule has 1 amide bonds. The van der Waals surface area contributed by atoms with Gasteiger partial charge in [0.15, 0.2) is 0 Å². The van der Waals surface area contributed by atoms with Gasteiger partial charge in [-0.05, 0) is 57.6 Å².